The van der Waals surface area contributed by atoms with Crippen molar-refractivity contribution < 1.29 is 17.9 Å². The van der Waals surface area contributed by atoms with Gasteiger partial charge in [0, 0.05) is 69.1 Å². The number of likely N-dealkylation sites (tertiary alicyclic amines) is 2. The Labute approximate surface area is 193 Å². The van der Waals surface area contributed by atoms with Crippen LogP contribution in [0.3, 0.4) is 0 Å². The zero-order chi connectivity index (χ0) is 22.4. The molecule has 6 aliphatic rings. The van der Waals surface area contributed by atoms with Gasteiger partial charge in [-0.3, -0.25) is 0 Å². The second-order valence-corrected chi connectivity index (χ2v) is 13.1. The van der Waals surface area contributed by atoms with Crippen molar-refractivity contribution in [3.63, 3.8) is 0 Å². The molecule has 4 aliphatic heterocycles. The van der Waals surface area contributed by atoms with Crippen molar-refractivity contribution in [1.82, 2.24) is 33.2 Å². The molecule has 2 saturated carbocycles. The monoisotopic (exact) mass is 477 g/mol. The Kier molecular flexibility index (Phi) is 4.30. The topological polar surface area (TPSA) is 104 Å². The SMILES string of the molecule is O=C(N1CC2(CC(n3cnc(C4CC4)n3)C2)C1)N1CC2(C1)CN(S(=O)(=O)N1CCOCC1)C2. The maximum absolute atomic E-state index is 12.9. The van der Waals surface area contributed by atoms with Crippen LogP contribution in [0.15, 0.2) is 6.33 Å². The number of ether oxygens (including phenoxy) is 1. The van der Waals surface area contributed by atoms with Gasteiger partial charge in [0.1, 0.15) is 6.33 Å². The van der Waals surface area contributed by atoms with Gasteiger partial charge >= 0.3 is 6.03 Å². The van der Waals surface area contributed by atoms with Gasteiger partial charge in [-0.2, -0.15) is 22.1 Å². The Bertz CT molecular complexity index is 1050. The number of morpholine rings is 1. The van der Waals surface area contributed by atoms with E-state index in [2.05, 4.69) is 10.1 Å². The summed E-state index contributed by atoms with van der Waals surface area (Å²) in [5.74, 6) is 1.58. The molecule has 1 aromatic heterocycles. The summed E-state index contributed by atoms with van der Waals surface area (Å²) in [7, 11) is -3.40. The molecule has 5 heterocycles. The summed E-state index contributed by atoms with van der Waals surface area (Å²) in [5.41, 5.74) is 0.208. The van der Waals surface area contributed by atoms with Crippen molar-refractivity contribution in [2.45, 2.75) is 37.6 Å². The fourth-order valence-corrected chi connectivity index (χ4v) is 8.19. The van der Waals surface area contributed by atoms with Crippen molar-refractivity contribution >= 4 is 16.2 Å². The first-order valence-corrected chi connectivity index (χ1v) is 13.5. The van der Waals surface area contributed by atoms with E-state index in [1.807, 2.05) is 20.8 Å². The average Bonchev–Trinajstić information content (AvgIpc) is 3.42. The molecule has 2 amide bonds. The third-order valence-corrected chi connectivity index (χ3v) is 10.4. The van der Waals surface area contributed by atoms with E-state index in [0.717, 1.165) is 31.8 Å². The van der Waals surface area contributed by atoms with E-state index in [9.17, 15) is 13.2 Å². The van der Waals surface area contributed by atoms with Gasteiger partial charge in [-0.25, -0.2) is 14.5 Å². The molecule has 7 rings (SSSR count). The van der Waals surface area contributed by atoms with Crippen LogP contribution in [0.25, 0.3) is 0 Å². The normalized spacial score (nSPS) is 29.5. The molecule has 2 spiro atoms. The van der Waals surface area contributed by atoms with Gasteiger partial charge in [-0.1, -0.05) is 0 Å². The molecule has 12 heteroatoms. The van der Waals surface area contributed by atoms with Crippen molar-refractivity contribution in [1.29, 1.82) is 0 Å². The van der Waals surface area contributed by atoms with E-state index in [1.165, 1.54) is 17.1 Å². The van der Waals surface area contributed by atoms with Gasteiger partial charge in [0.05, 0.1) is 19.3 Å². The van der Waals surface area contributed by atoms with E-state index < -0.39 is 10.2 Å². The van der Waals surface area contributed by atoms with Gasteiger partial charge in [0.15, 0.2) is 5.82 Å². The largest absolute Gasteiger partial charge is 0.379 e. The van der Waals surface area contributed by atoms with Crippen LogP contribution in [0.5, 0.6) is 0 Å². The van der Waals surface area contributed by atoms with Crippen LogP contribution < -0.4 is 0 Å². The molecule has 0 atom stereocenters. The number of nitrogens with zero attached hydrogens (tertiary/aromatic N) is 7. The summed E-state index contributed by atoms with van der Waals surface area (Å²) >= 11 is 0. The minimum absolute atomic E-state index is 0.0501. The van der Waals surface area contributed by atoms with Crippen LogP contribution in [0.4, 0.5) is 4.79 Å². The first-order valence-electron chi connectivity index (χ1n) is 12.1. The number of hydrogen-bond donors (Lipinski definition) is 0. The minimum Gasteiger partial charge on any atom is -0.379 e. The molecular weight excluding hydrogens is 446 g/mol. The highest BCUT2D eigenvalue weighted by atomic mass is 32.2. The first-order chi connectivity index (χ1) is 15.8. The highest BCUT2D eigenvalue weighted by molar-refractivity contribution is 7.86. The number of hydrogen-bond acceptors (Lipinski definition) is 6. The molecule has 33 heavy (non-hydrogen) atoms. The molecule has 11 nitrogen and oxygen atoms in total. The third kappa shape index (κ3) is 3.24. The number of rotatable bonds is 4. The number of amides is 2. The number of aromatic nitrogens is 3. The summed E-state index contributed by atoms with van der Waals surface area (Å²) in [5, 5.41) is 4.67. The summed E-state index contributed by atoms with van der Waals surface area (Å²) in [6.07, 6.45) is 6.46. The van der Waals surface area contributed by atoms with Crippen molar-refractivity contribution in [2.75, 3.05) is 65.6 Å². The first kappa shape index (κ1) is 20.6. The predicted octanol–water partition coefficient (Wildman–Crippen LogP) is 0.107. The predicted molar refractivity (Wildman–Crippen MR) is 117 cm³/mol. The van der Waals surface area contributed by atoms with Crippen molar-refractivity contribution in [3.05, 3.63) is 12.2 Å². The summed E-state index contributed by atoms with van der Waals surface area (Å²) < 4.78 is 35.9. The molecule has 1 aromatic rings. The molecular formula is C21H31N7O4S. The van der Waals surface area contributed by atoms with Gasteiger partial charge in [0.2, 0.25) is 0 Å². The summed E-state index contributed by atoms with van der Waals surface area (Å²) in [4.78, 5) is 21.2. The molecule has 4 saturated heterocycles. The molecule has 180 valence electrons. The Morgan fingerprint density at radius 2 is 1.58 bits per heavy atom. The lowest BCUT2D eigenvalue weighted by molar-refractivity contribution is -0.102. The van der Waals surface area contributed by atoms with Gasteiger partial charge in [0.25, 0.3) is 10.2 Å². The average molecular weight is 478 g/mol. The Hall–Kier alpha value is -1.76. The maximum atomic E-state index is 12.9. The third-order valence-electron chi connectivity index (χ3n) is 8.47. The molecule has 6 fully saturated rings. The van der Waals surface area contributed by atoms with E-state index in [1.54, 1.807) is 4.31 Å². The Morgan fingerprint density at radius 3 is 2.21 bits per heavy atom. The lowest BCUT2D eigenvalue weighted by Gasteiger charge is -2.63. The van der Waals surface area contributed by atoms with Crippen molar-refractivity contribution in [2.24, 2.45) is 10.8 Å². The molecule has 0 radical (unpaired) electrons. The van der Waals surface area contributed by atoms with Crippen LogP contribution in [-0.2, 0) is 14.9 Å². The standard InChI is InChI=1S/C21H31N7O4S/c29-19(24-9-20(10-24)7-17(8-20)28-15-22-18(23-28)16-1-2-16)25-11-21(12-25)13-27(14-21)33(30,31)26-3-5-32-6-4-26/h15-17H,1-14H2. The number of urea groups is 1. The van der Waals surface area contributed by atoms with Crippen molar-refractivity contribution in [3.8, 4) is 0 Å². The Balaban J connectivity index is 0.868. The van der Waals surface area contributed by atoms with E-state index in [-0.39, 0.29) is 16.9 Å². The van der Waals surface area contributed by atoms with Crippen LogP contribution in [-0.4, -0.2) is 113 Å². The highest BCUT2D eigenvalue weighted by Crippen LogP contribution is 2.54. The van der Waals surface area contributed by atoms with E-state index in [4.69, 9.17) is 4.74 Å². The molecule has 0 unspecified atom stereocenters. The molecule has 0 aromatic carbocycles. The summed E-state index contributed by atoms with van der Waals surface area (Å²) in [6, 6.07) is 0.532. The molecule has 2 aliphatic carbocycles. The fraction of sp³-hybridized carbons (Fsp3) is 0.857. The lowest BCUT2D eigenvalue weighted by Crippen LogP contribution is -2.77. The fourth-order valence-electron chi connectivity index (χ4n) is 6.38. The number of carbonyl (C=O) groups is 1. The zero-order valence-electron chi connectivity index (χ0n) is 18.8. The van der Waals surface area contributed by atoms with Crippen LogP contribution in [0, 0.1) is 10.8 Å². The second kappa shape index (κ2) is 6.89. The highest BCUT2D eigenvalue weighted by Gasteiger charge is 2.60. The van der Waals surface area contributed by atoms with E-state index >= 15 is 0 Å². The quantitative estimate of drug-likeness (QED) is 0.610. The van der Waals surface area contributed by atoms with Gasteiger partial charge in [-0.15, -0.1) is 0 Å². The van der Waals surface area contributed by atoms with E-state index in [0.29, 0.717) is 64.4 Å². The smallest absolute Gasteiger partial charge is 0.320 e. The van der Waals surface area contributed by atoms with Crippen LogP contribution in [0.1, 0.15) is 43.5 Å². The summed E-state index contributed by atoms with van der Waals surface area (Å²) in [6.45, 7) is 5.77. The van der Waals surface area contributed by atoms with Crippen LogP contribution in [0.2, 0.25) is 0 Å². The molecule has 0 N–H and O–H groups in total. The molecule has 0 bridgehead atoms. The maximum Gasteiger partial charge on any atom is 0.320 e. The van der Waals surface area contributed by atoms with Gasteiger partial charge in [-0.05, 0) is 25.7 Å². The minimum atomic E-state index is -3.40. The second-order valence-electron chi connectivity index (χ2n) is 11.2. The lowest BCUT2D eigenvalue weighted by atomic mass is 9.60. The van der Waals surface area contributed by atoms with Gasteiger partial charge < -0.3 is 14.5 Å². The Morgan fingerprint density at radius 1 is 0.939 bits per heavy atom. The zero-order valence-corrected chi connectivity index (χ0v) is 19.6. The van der Waals surface area contributed by atoms with Crippen LogP contribution >= 0.6 is 0 Å². The number of carbonyl (C=O) groups excluding carboxylic acids is 1.